The van der Waals surface area contributed by atoms with Gasteiger partial charge in [0.1, 0.15) is 0 Å². The van der Waals surface area contributed by atoms with Gasteiger partial charge in [0.2, 0.25) is 0 Å². The van der Waals surface area contributed by atoms with E-state index in [2.05, 4.69) is 0 Å². The number of aryl methyl sites for hydroxylation is 1. The minimum atomic E-state index is -0.798. The van der Waals surface area contributed by atoms with Crippen LogP contribution < -0.4 is 10.7 Å². The van der Waals surface area contributed by atoms with Crippen LogP contribution in [0.5, 0.6) is 0 Å². The van der Waals surface area contributed by atoms with Crippen LogP contribution in [0.1, 0.15) is 0 Å². The molecule has 0 aliphatic heterocycles. The molecule has 1 aromatic heterocycles. The molecule has 2 rings (SSSR count). The third kappa shape index (κ3) is 2.25. The number of benzene rings is 1. The second-order valence-electron chi connectivity index (χ2n) is 4.30. The largest absolute Gasteiger partial charge is 0.419 e. The zero-order valence-corrected chi connectivity index (χ0v) is 10.3. The summed E-state index contributed by atoms with van der Waals surface area (Å²) in [5.74, 6) is -0.403. The molecule has 1 atom stereocenters. The smallest absolute Gasteiger partial charge is 0.408 e. The monoisotopic (exact) mass is 252 g/mol. The average Bonchev–Trinajstić information content (AvgIpc) is 2.64. The molecule has 0 aliphatic rings. The zero-order chi connectivity index (χ0) is 13.3. The number of rotatable bonds is 4. The number of likely N-dealkylation sites (N-methyl/N-ethyl adjacent to an activating group) is 1. The highest BCUT2D eigenvalue weighted by Crippen LogP contribution is 2.20. The van der Waals surface area contributed by atoms with Gasteiger partial charge < -0.3 is 19.5 Å². The summed E-state index contributed by atoms with van der Waals surface area (Å²) >= 11 is 0. The van der Waals surface area contributed by atoms with Crippen molar-refractivity contribution in [2.24, 2.45) is 7.05 Å². The fraction of sp³-hybridized carbons (Fsp3) is 0.417. The summed E-state index contributed by atoms with van der Waals surface area (Å²) in [6, 6.07) is 5.36. The van der Waals surface area contributed by atoms with Crippen molar-refractivity contribution >= 4 is 16.8 Å². The SMILES string of the molecule is CN(CC(O)CO)c1ccc2c(c1)oc(=O)n2C. The molecule has 0 fully saturated rings. The van der Waals surface area contributed by atoms with Crippen LogP contribution >= 0.6 is 0 Å². The van der Waals surface area contributed by atoms with E-state index in [-0.39, 0.29) is 6.61 Å². The van der Waals surface area contributed by atoms with Crippen molar-refractivity contribution in [2.75, 3.05) is 25.1 Å². The molecule has 1 unspecified atom stereocenters. The first-order valence-electron chi connectivity index (χ1n) is 5.62. The molecule has 0 radical (unpaired) electrons. The number of hydrogen-bond donors (Lipinski definition) is 2. The average molecular weight is 252 g/mol. The molecule has 1 heterocycles. The topological polar surface area (TPSA) is 78.8 Å². The third-order valence-corrected chi connectivity index (χ3v) is 2.91. The summed E-state index contributed by atoms with van der Waals surface area (Å²) in [4.78, 5) is 13.1. The molecule has 0 amide bonds. The van der Waals surface area contributed by atoms with Gasteiger partial charge in [0.15, 0.2) is 5.58 Å². The number of aliphatic hydroxyl groups is 2. The maximum absolute atomic E-state index is 11.4. The maximum atomic E-state index is 11.4. The van der Waals surface area contributed by atoms with E-state index in [9.17, 15) is 9.90 Å². The van der Waals surface area contributed by atoms with E-state index in [1.165, 1.54) is 4.57 Å². The maximum Gasteiger partial charge on any atom is 0.419 e. The Morgan fingerprint density at radius 3 is 2.89 bits per heavy atom. The van der Waals surface area contributed by atoms with Crippen LogP contribution in [0.3, 0.4) is 0 Å². The fourth-order valence-electron chi connectivity index (χ4n) is 1.84. The highest BCUT2D eigenvalue weighted by atomic mass is 16.4. The van der Waals surface area contributed by atoms with Gasteiger partial charge in [0, 0.05) is 32.4 Å². The first-order valence-corrected chi connectivity index (χ1v) is 5.62. The number of anilines is 1. The molecule has 98 valence electrons. The van der Waals surface area contributed by atoms with Gasteiger partial charge in [-0.25, -0.2) is 4.79 Å². The molecule has 0 spiro atoms. The lowest BCUT2D eigenvalue weighted by atomic mass is 10.2. The summed E-state index contributed by atoms with van der Waals surface area (Å²) in [6.07, 6.45) is -0.798. The number of hydrogen-bond acceptors (Lipinski definition) is 5. The van der Waals surface area contributed by atoms with Crippen LogP contribution in [0.4, 0.5) is 5.69 Å². The summed E-state index contributed by atoms with van der Waals surface area (Å²) < 4.78 is 6.52. The highest BCUT2D eigenvalue weighted by Gasteiger charge is 2.11. The Hall–Kier alpha value is -1.79. The molecule has 0 aliphatic carbocycles. The standard InChI is InChI=1S/C12H16N2O4/c1-13(6-9(16)7-15)8-3-4-10-11(5-8)18-12(17)14(10)2/h3-5,9,15-16H,6-7H2,1-2H3. The summed E-state index contributed by atoms with van der Waals surface area (Å²) in [6.45, 7) is 0.0199. The number of nitrogens with zero attached hydrogens (tertiary/aromatic N) is 2. The van der Waals surface area contributed by atoms with Gasteiger partial charge in [0.25, 0.3) is 0 Å². The Morgan fingerprint density at radius 1 is 1.50 bits per heavy atom. The lowest BCUT2D eigenvalue weighted by Crippen LogP contribution is -2.31. The second-order valence-corrected chi connectivity index (χ2v) is 4.30. The molecular weight excluding hydrogens is 236 g/mol. The van der Waals surface area contributed by atoms with Crippen molar-refractivity contribution in [1.29, 1.82) is 0 Å². The molecule has 18 heavy (non-hydrogen) atoms. The van der Waals surface area contributed by atoms with Crippen molar-refractivity contribution in [3.8, 4) is 0 Å². The Morgan fingerprint density at radius 2 is 2.22 bits per heavy atom. The van der Waals surface area contributed by atoms with Crippen molar-refractivity contribution in [3.63, 3.8) is 0 Å². The van der Waals surface area contributed by atoms with Crippen LogP contribution in [0.25, 0.3) is 11.1 Å². The van der Waals surface area contributed by atoms with Crippen LogP contribution in [0.15, 0.2) is 27.4 Å². The molecule has 2 N–H and O–H groups in total. The molecule has 6 nitrogen and oxygen atoms in total. The normalized spacial score (nSPS) is 12.9. The minimum Gasteiger partial charge on any atom is -0.408 e. The molecule has 2 aromatic rings. The highest BCUT2D eigenvalue weighted by molar-refractivity contribution is 5.77. The molecule has 0 saturated carbocycles. The van der Waals surface area contributed by atoms with Gasteiger partial charge in [-0.05, 0) is 12.1 Å². The molecule has 0 saturated heterocycles. The van der Waals surface area contributed by atoms with Crippen LogP contribution in [-0.2, 0) is 7.05 Å². The first kappa shape index (κ1) is 12.7. The second kappa shape index (κ2) is 4.83. The summed E-state index contributed by atoms with van der Waals surface area (Å²) in [5, 5.41) is 18.2. The Balaban J connectivity index is 2.32. The zero-order valence-electron chi connectivity index (χ0n) is 10.3. The van der Waals surface area contributed by atoms with E-state index >= 15 is 0 Å². The van der Waals surface area contributed by atoms with Gasteiger partial charge >= 0.3 is 5.76 Å². The van der Waals surface area contributed by atoms with E-state index in [0.29, 0.717) is 12.1 Å². The number of oxazole rings is 1. The van der Waals surface area contributed by atoms with Gasteiger partial charge in [-0.15, -0.1) is 0 Å². The van der Waals surface area contributed by atoms with Gasteiger partial charge in [-0.3, -0.25) is 4.57 Å². The van der Waals surface area contributed by atoms with Crippen molar-refractivity contribution in [3.05, 3.63) is 28.7 Å². The Bertz CT molecular complexity index is 602. The Kier molecular flexibility index (Phi) is 3.40. The lowest BCUT2D eigenvalue weighted by Gasteiger charge is -2.21. The molecule has 6 heteroatoms. The van der Waals surface area contributed by atoms with Crippen LogP contribution in [0, 0.1) is 0 Å². The van der Waals surface area contributed by atoms with Gasteiger partial charge in [-0.2, -0.15) is 0 Å². The summed E-state index contributed by atoms with van der Waals surface area (Å²) in [5.41, 5.74) is 2.04. The van der Waals surface area contributed by atoms with E-state index < -0.39 is 11.9 Å². The van der Waals surface area contributed by atoms with Crippen molar-refractivity contribution in [2.45, 2.75) is 6.10 Å². The quantitative estimate of drug-likeness (QED) is 0.795. The number of aromatic nitrogens is 1. The van der Waals surface area contributed by atoms with Gasteiger partial charge in [-0.1, -0.05) is 0 Å². The van der Waals surface area contributed by atoms with E-state index in [1.54, 1.807) is 31.1 Å². The van der Waals surface area contributed by atoms with Gasteiger partial charge in [0.05, 0.1) is 18.2 Å². The predicted molar refractivity (Wildman–Crippen MR) is 67.8 cm³/mol. The van der Waals surface area contributed by atoms with Crippen molar-refractivity contribution < 1.29 is 14.6 Å². The van der Waals surface area contributed by atoms with E-state index in [0.717, 1.165) is 11.2 Å². The van der Waals surface area contributed by atoms with E-state index in [4.69, 9.17) is 9.52 Å². The van der Waals surface area contributed by atoms with E-state index in [1.807, 2.05) is 6.07 Å². The fourth-order valence-corrected chi connectivity index (χ4v) is 1.84. The molecule has 0 bridgehead atoms. The molecular formula is C12H16N2O4. The predicted octanol–water partition coefficient (Wildman–Crippen LogP) is -0.0791. The summed E-state index contributed by atoms with van der Waals surface area (Å²) in [7, 11) is 3.44. The number of fused-ring (bicyclic) bond motifs is 1. The lowest BCUT2D eigenvalue weighted by molar-refractivity contribution is 0.101. The Labute approximate surface area is 104 Å². The van der Waals surface area contributed by atoms with Crippen molar-refractivity contribution in [1.82, 2.24) is 4.57 Å². The third-order valence-electron chi connectivity index (χ3n) is 2.91. The number of aliphatic hydroxyl groups excluding tert-OH is 2. The first-order chi connectivity index (χ1) is 8.52. The minimum absolute atomic E-state index is 0.285. The van der Waals surface area contributed by atoms with Crippen LogP contribution in [0.2, 0.25) is 0 Å². The molecule has 1 aromatic carbocycles. The van der Waals surface area contributed by atoms with Crippen LogP contribution in [-0.4, -0.2) is 41.1 Å².